The van der Waals surface area contributed by atoms with Gasteiger partial charge in [-0.1, -0.05) is 0 Å². The van der Waals surface area contributed by atoms with Gasteiger partial charge in [0.2, 0.25) is 0 Å². The van der Waals surface area contributed by atoms with Crippen molar-refractivity contribution in [1.29, 1.82) is 0 Å². The van der Waals surface area contributed by atoms with Crippen LogP contribution in [0.3, 0.4) is 0 Å². The van der Waals surface area contributed by atoms with Gasteiger partial charge in [0.15, 0.2) is 0 Å². The summed E-state index contributed by atoms with van der Waals surface area (Å²) in [7, 11) is 0. The van der Waals surface area contributed by atoms with Crippen LogP contribution >= 0.6 is 0 Å². The minimum atomic E-state index is 0. The first-order chi connectivity index (χ1) is 1.41. The Hall–Kier alpha value is -0.690. The molecule has 0 spiro atoms. The van der Waals surface area contributed by atoms with Gasteiger partial charge >= 0.3 is 6.15 Å². The summed E-state index contributed by atoms with van der Waals surface area (Å²) in [4.78, 5) is 16.2. The average molecular weight is 64.0 g/mol. The van der Waals surface area contributed by atoms with Crippen molar-refractivity contribution in [2.24, 2.45) is 0 Å². The molecular weight excluding hydrogens is 63.0 g/mol. The molecule has 0 fully saturated rings. The summed E-state index contributed by atoms with van der Waals surface area (Å²) < 4.78 is 0. The lowest BCUT2D eigenvalue weighted by atomic mass is 11.8. The Morgan fingerprint density at radius 2 is 1.25 bits per heavy atom. The smallest absolute Gasteiger partial charge is 0.269 e. The normalized spacial score (nSPS) is 2.00. The highest BCUT2D eigenvalue weighted by Crippen LogP contribution is 0.787. The molecule has 4 heavy (non-hydrogen) atoms. The third-order valence-corrected chi connectivity index (χ3v) is 0. The van der Waals surface area contributed by atoms with E-state index >= 15 is 0 Å². The van der Waals surface area contributed by atoms with Crippen molar-refractivity contribution >= 4 is 6.15 Å². The molecule has 0 saturated carbocycles. The molecule has 0 amide bonds. The summed E-state index contributed by atoms with van der Waals surface area (Å²) in [6, 6.07) is 0. The van der Waals surface area contributed by atoms with Crippen LogP contribution in [0.5, 0.6) is 0 Å². The second-order valence-electron chi connectivity index (χ2n) is 0.0833. The average Bonchev–Trinajstić information content (AvgIpc) is 0.918. The summed E-state index contributed by atoms with van der Waals surface area (Å²) in [5.41, 5.74) is 0. The van der Waals surface area contributed by atoms with E-state index in [9.17, 15) is 0 Å². The molecule has 0 aromatic carbocycles. The van der Waals surface area contributed by atoms with Gasteiger partial charge in [0.05, 0.1) is 0 Å². The molecule has 0 saturated heterocycles. The van der Waals surface area contributed by atoms with E-state index in [2.05, 4.69) is 0 Å². The molecule has 0 radical (unpaired) electrons. The lowest BCUT2D eigenvalue weighted by Crippen LogP contribution is -1.22. The summed E-state index contributed by atoms with van der Waals surface area (Å²) in [5.74, 6) is 0. The summed E-state index contributed by atoms with van der Waals surface area (Å²) in [5, 5.41) is 0. The highest BCUT2D eigenvalue weighted by molar-refractivity contribution is 5.20. The zero-order valence-corrected chi connectivity index (χ0v) is 1.72. The van der Waals surface area contributed by atoms with E-state index in [1.165, 1.54) is 0 Å². The van der Waals surface area contributed by atoms with Crippen LogP contribution in [0.2, 0.25) is 0 Å². The molecule has 0 bridgehead atoms. The summed E-state index contributed by atoms with van der Waals surface area (Å²) >= 11 is 0. The Morgan fingerprint density at radius 3 is 1.25 bits per heavy atom. The summed E-state index contributed by atoms with van der Waals surface area (Å²) in [6.45, 7) is 0. The fraction of sp³-hybridized carbons (Fsp3) is 0. The highest BCUT2D eigenvalue weighted by atomic mass is 19.0. The van der Waals surface area contributed by atoms with E-state index in [1.807, 2.05) is 0 Å². The third kappa shape index (κ3) is 0.264. The van der Waals surface area contributed by atoms with E-state index < -0.39 is 0 Å². The first-order valence-electron chi connectivity index (χ1n) is 0.408. The molecule has 0 aliphatic heterocycles. The lowest BCUT2D eigenvalue weighted by molar-refractivity contribution is -0.191. The van der Waals surface area contributed by atoms with Gasteiger partial charge < -0.3 is 0 Å². The second kappa shape index (κ2) is 41.3. The Kier molecular flexibility index (Phi) is 106. The van der Waals surface area contributed by atoms with Crippen molar-refractivity contribution in [3.8, 4) is 0 Å². The Labute approximate surface area is 21.8 Å². The van der Waals surface area contributed by atoms with Crippen molar-refractivity contribution < 1.29 is 14.3 Å². The molecule has 0 unspecified atom stereocenters. The molecule has 2 nitrogen and oxygen atoms in total. The fourth-order valence-corrected chi connectivity index (χ4v) is 0. The maximum absolute atomic E-state index is 8.12. The van der Waals surface area contributed by atoms with E-state index in [4.69, 9.17) is 9.59 Å². The maximum Gasteiger partial charge on any atom is 0.373 e. The van der Waals surface area contributed by atoms with Crippen LogP contribution in [0, 0.1) is 0 Å². The zero-order chi connectivity index (χ0) is 2.71. The van der Waals surface area contributed by atoms with Crippen molar-refractivity contribution in [3.63, 3.8) is 0 Å². The van der Waals surface area contributed by atoms with Crippen molar-refractivity contribution in [2.75, 3.05) is 0 Å². The van der Waals surface area contributed by atoms with Crippen LogP contribution in [0.15, 0.2) is 0 Å². The molecule has 0 aromatic rings. The first kappa shape index (κ1) is 10.3. The van der Waals surface area contributed by atoms with E-state index in [0.29, 0.717) is 0 Å². The molecule has 0 aliphatic rings. The molecule has 0 heterocycles. The quantitative estimate of drug-likeness (QED) is 0.383. The minimum Gasteiger partial charge on any atom is -0.269 e. The molecule has 0 N–H and O–H groups in total. The maximum atomic E-state index is 8.12. The number of hydrogen-bond donors (Lipinski definition) is 0. The first-order valence-corrected chi connectivity index (χ1v) is 0.408. The predicted octanol–water partition coefficient (Wildman–Crippen LogP) is -0.431. The zero-order valence-electron chi connectivity index (χ0n) is 1.72. The highest BCUT2D eigenvalue weighted by Gasteiger charge is 1.13. The van der Waals surface area contributed by atoms with Crippen LogP contribution in [0.4, 0.5) is 4.70 Å². The van der Waals surface area contributed by atoms with Crippen molar-refractivity contribution in [1.82, 2.24) is 0 Å². The van der Waals surface area contributed by atoms with Crippen LogP contribution in [0.1, 0.15) is 0 Å². The Morgan fingerprint density at radius 1 is 1.25 bits per heavy atom. The Balaban J connectivity index is 0. The molecule has 0 aromatic heterocycles. The van der Waals surface area contributed by atoms with Gasteiger partial charge in [-0.2, -0.15) is 9.59 Å². The van der Waals surface area contributed by atoms with Gasteiger partial charge in [0.25, 0.3) is 0 Å². The molecular formula is CHFO2. The van der Waals surface area contributed by atoms with Crippen LogP contribution in [-0.2, 0) is 9.59 Å². The van der Waals surface area contributed by atoms with Crippen LogP contribution in [0.25, 0.3) is 0 Å². The van der Waals surface area contributed by atoms with Gasteiger partial charge in [0, 0.05) is 0 Å². The number of halogens is 1. The van der Waals surface area contributed by atoms with Gasteiger partial charge in [-0.3, -0.25) is 4.70 Å². The standard InChI is InChI=1S/CO2.FH/c2-1-3;/h;1H. The minimum absolute atomic E-state index is 0. The SMILES string of the molecule is F.O=C=O. The molecule has 0 rings (SSSR count). The van der Waals surface area contributed by atoms with Crippen LogP contribution < -0.4 is 0 Å². The molecule has 0 aliphatic carbocycles. The van der Waals surface area contributed by atoms with Crippen molar-refractivity contribution in [3.05, 3.63) is 0 Å². The van der Waals surface area contributed by atoms with Gasteiger partial charge in [0.1, 0.15) is 0 Å². The van der Waals surface area contributed by atoms with Gasteiger partial charge in [-0.15, -0.1) is 0 Å². The lowest BCUT2D eigenvalue weighted by Gasteiger charge is -0.945. The topological polar surface area (TPSA) is 34.1 Å². The monoisotopic (exact) mass is 64.0 g/mol. The fourth-order valence-electron chi connectivity index (χ4n) is 0. The molecule has 3 heteroatoms. The molecule has 0 atom stereocenters. The number of carbonyl (C=O) groups excluding carboxylic acids is 2. The number of rotatable bonds is 0. The van der Waals surface area contributed by atoms with Gasteiger partial charge in [-0.25, -0.2) is 0 Å². The van der Waals surface area contributed by atoms with E-state index in [0.717, 1.165) is 0 Å². The largest absolute Gasteiger partial charge is 0.373 e. The van der Waals surface area contributed by atoms with E-state index in [-0.39, 0.29) is 10.9 Å². The molecule has 24 valence electrons. The van der Waals surface area contributed by atoms with Crippen molar-refractivity contribution in [2.45, 2.75) is 0 Å². The summed E-state index contributed by atoms with van der Waals surface area (Å²) in [6.07, 6.45) is 0.250. The Bertz CT molecular complexity index is 27.0. The third-order valence-electron chi connectivity index (χ3n) is 0. The predicted molar refractivity (Wildman–Crippen MR) is 7.51 cm³/mol. The van der Waals surface area contributed by atoms with Crippen LogP contribution in [-0.4, -0.2) is 6.15 Å². The second-order valence-corrected chi connectivity index (χ2v) is 0.0833. The van der Waals surface area contributed by atoms with Gasteiger partial charge in [-0.05, 0) is 0 Å². The van der Waals surface area contributed by atoms with E-state index in [1.54, 1.807) is 0 Å². The number of hydrogen-bond acceptors (Lipinski definition) is 2.